The first-order chi connectivity index (χ1) is 40.3. The molecule has 9 rings (SSSR count). The largest absolute Gasteiger partial charge is 0.265 e. The second-order valence-electron chi connectivity index (χ2n) is 24.6. The molecule has 3 aliphatic rings. The van der Waals surface area contributed by atoms with Gasteiger partial charge in [0.25, 0.3) is 0 Å². The van der Waals surface area contributed by atoms with Gasteiger partial charge >= 0.3 is 0 Å². The molecule has 6 aromatic carbocycles. The van der Waals surface area contributed by atoms with Gasteiger partial charge in [0.1, 0.15) is 58.5 Å². The van der Waals surface area contributed by atoms with Crippen molar-refractivity contribution in [2.24, 2.45) is 5.41 Å². The summed E-state index contributed by atoms with van der Waals surface area (Å²) >= 11 is 0. The molecule has 1 atom stereocenters. The lowest BCUT2D eigenvalue weighted by molar-refractivity contribution is -0.514. The van der Waals surface area contributed by atoms with E-state index in [0.29, 0.717) is 17.3 Å². The van der Waals surface area contributed by atoms with E-state index in [-0.39, 0.29) is 22.4 Å². The van der Waals surface area contributed by atoms with Gasteiger partial charge in [-0.3, -0.25) is 4.67 Å². The van der Waals surface area contributed by atoms with Gasteiger partial charge in [-0.25, -0.2) is 92.2 Å². The molecule has 1 saturated heterocycles. The third-order valence-electron chi connectivity index (χ3n) is 16.9. The maximum Gasteiger partial charge on any atom is 0.212 e. The summed E-state index contributed by atoms with van der Waals surface area (Å²) in [5.41, 5.74) is -6.92. The molecule has 0 N–H and O–H groups in total. The highest BCUT2D eigenvalue weighted by molar-refractivity contribution is 7.56. The number of halogens is 21. The minimum Gasteiger partial charge on any atom is -0.265 e. The lowest BCUT2D eigenvalue weighted by Crippen LogP contribution is -2.81. The topological polar surface area (TPSA) is 6.25 Å². The van der Waals surface area contributed by atoms with Crippen molar-refractivity contribution in [3.63, 3.8) is 0 Å². The predicted octanol–water partition coefficient (Wildman–Crippen LogP) is 17.4. The second-order valence-corrected chi connectivity index (χ2v) is 25.8. The highest BCUT2D eigenvalue weighted by Crippen LogP contribution is 2.59. The molecule has 2 fully saturated rings. The summed E-state index contributed by atoms with van der Waals surface area (Å²) in [5.74, 6) is -70.5. The highest BCUT2D eigenvalue weighted by atomic mass is 31.1. The third kappa shape index (κ3) is 11.7. The average Bonchev–Trinajstić information content (AvgIpc) is 0.959. The van der Waals surface area contributed by atoms with Crippen LogP contribution in [0.3, 0.4) is 0 Å². The fraction of sp³-hybridized carbons (Fsp3) is 0.403. The summed E-state index contributed by atoms with van der Waals surface area (Å²) in [6, 6.07) is 15.1. The van der Waals surface area contributed by atoms with Gasteiger partial charge in [-0.2, -0.15) is 4.58 Å². The van der Waals surface area contributed by atoms with Crippen molar-refractivity contribution in [1.29, 1.82) is 0 Å². The average molecular weight is 1270 g/mol. The molecule has 2 nitrogen and oxygen atoms in total. The van der Waals surface area contributed by atoms with E-state index in [4.69, 9.17) is 0 Å². The summed E-state index contributed by atoms with van der Waals surface area (Å²) in [6.45, 7) is 24.7. The lowest BCUT2D eigenvalue weighted by atomic mass is 9.12. The van der Waals surface area contributed by atoms with Crippen molar-refractivity contribution in [1.82, 2.24) is 4.67 Å². The van der Waals surface area contributed by atoms with Crippen molar-refractivity contribution in [2.45, 2.75) is 155 Å². The first-order valence-corrected chi connectivity index (χ1v) is 28.6. The molecule has 0 bridgehead atoms. The van der Waals surface area contributed by atoms with Gasteiger partial charge in [0.2, 0.25) is 5.69 Å². The molecule has 1 spiro atoms. The van der Waals surface area contributed by atoms with Gasteiger partial charge in [0.15, 0.2) is 80.8 Å². The predicted molar refractivity (Wildman–Crippen MR) is 292 cm³/mol. The molecule has 1 aliphatic carbocycles. The van der Waals surface area contributed by atoms with Crippen LogP contribution in [0.4, 0.5) is 97.9 Å². The smallest absolute Gasteiger partial charge is 0.212 e. The highest BCUT2D eigenvalue weighted by Gasteiger charge is 2.60. The van der Waals surface area contributed by atoms with Crippen LogP contribution in [0.2, 0.25) is 0 Å². The number of hydrogen-bond acceptors (Lipinski definition) is 1. The van der Waals surface area contributed by atoms with E-state index in [1.54, 1.807) is 29.3 Å². The fourth-order valence-corrected chi connectivity index (χ4v) is 15.4. The van der Waals surface area contributed by atoms with Crippen LogP contribution < -0.4 is 21.9 Å². The summed E-state index contributed by atoms with van der Waals surface area (Å²) < 4.78 is 312. The number of piperidine rings is 1. The van der Waals surface area contributed by atoms with Gasteiger partial charge in [-0.05, 0) is 83.8 Å². The third-order valence-corrected chi connectivity index (χ3v) is 19.3. The van der Waals surface area contributed by atoms with Crippen LogP contribution in [0.25, 0.3) is 0 Å². The van der Waals surface area contributed by atoms with Gasteiger partial charge in [0.05, 0.1) is 5.41 Å². The molecule has 0 amide bonds. The molecular formula is C62H59BF21N2P. The SMILES string of the molecule is CC(C)c1cccc(C(C)C)c1[N+]1=C(PN2C(C)(C)CCCC2(C)C)C2(CCCCC2)CC1(C)C.Fc1c(F)c(F)c([B-](c2c(F)c(F)c(F)c(F)c2F)(c2c(F)c(F)c(F)c(F)c2F)c2c(F)c(F)c(F)c(F)c2F)c(F)c1F.Fc1ccccc1. The molecule has 472 valence electrons. The number of benzene rings is 6. The number of nitrogens with zero attached hydrogens (tertiary/aromatic N) is 2. The van der Waals surface area contributed by atoms with E-state index in [2.05, 4.69) is 96.7 Å². The van der Waals surface area contributed by atoms with E-state index in [1.807, 2.05) is 0 Å². The van der Waals surface area contributed by atoms with Gasteiger partial charge < -0.3 is 0 Å². The van der Waals surface area contributed by atoms with Crippen molar-refractivity contribution in [2.75, 3.05) is 0 Å². The first-order valence-electron chi connectivity index (χ1n) is 27.6. The van der Waals surface area contributed by atoms with Crippen molar-refractivity contribution in [3.8, 4) is 0 Å². The molecule has 0 aromatic heterocycles. The summed E-state index contributed by atoms with van der Waals surface area (Å²) in [5, 5.41) is 0. The Morgan fingerprint density at radius 2 is 0.678 bits per heavy atom. The Morgan fingerprint density at radius 1 is 0.379 bits per heavy atom. The molecule has 1 saturated carbocycles. The Labute approximate surface area is 490 Å². The van der Waals surface area contributed by atoms with E-state index in [1.165, 1.54) is 81.0 Å². The monoisotopic (exact) mass is 1270 g/mol. The molecule has 2 heterocycles. The molecule has 1 unspecified atom stereocenters. The Morgan fingerprint density at radius 3 is 0.954 bits per heavy atom. The summed E-state index contributed by atoms with van der Waals surface area (Å²) in [7, 11) is 0.768. The standard InChI is InChI=1S/C32H54N2P.C24BF20.C6H5F/c1-23(2)25-16-14-17-26(24(3)4)27(25)33-28(32(22-31(33,9)10)20-12-11-13-21-32)35-34-29(5,6)18-15-19-30(34,7)8;26-5-1(6(27)14(35)21(42)13(5)34)25(2-7(28)15(36)22(43)16(37)8(2)29,3-9(30)17(38)23(44)18(39)10(3)31)4-11(32)19(40)24(45)20(41)12(4)33;7-6-4-2-1-3-5-6/h14,16-17,23-24,35H,11-13,15,18-22H2,1-10H3;;1-5H/q+1;-1;. The number of para-hydroxylation sites is 1. The number of hydrogen-bond donors (Lipinski definition) is 0. The van der Waals surface area contributed by atoms with E-state index in [9.17, 15) is 57.1 Å². The van der Waals surface area contributed by atoms with Crippen LogP contribution in [0.5, 0.6) is 0 Å². The van der Waals surface area contributed by atoms with E-state index < -0.39 is 144 Å². The van der Waals surface area contributed by atoms with Crippen LogP contribution >= 0.6 is 8.73 Å². The molecule has 87 heavy (non-hydrogen) atoms. The van der Waals surface area contributed by atoms with Crippen LogP contribution in [-0.4, -0.2) is 37.5 Å². The first kappa shape index (κ1) is 68.5. The zero-order valence-corrected chi connectivity index (χ0v) is 49.5. The van der Waals surface area contributed by atoms with E-state index >= 15 is 35.1 Å². The summed E-state index contributed by atoms with van der Waals surface area (Å²) in [4.78, 5) is 0. The molecular weight excluding hydrogens is 1210 g/mol. The maximum atomic E-state index is 15.4. The summed E-state index contributed by atoms with van der Waals surface area (Å²) in [6.07, 6.45) is 5.03. The van der Waals surface area contributed by atoms with Crippen LogP contribution in [0.1, 0.15) is 150 Å². The van der Waals surface area contributed by atoms with Crippen molar-refractivity contribution < 1.29 is 96.8 Å². The molecule has 6 aromatic rings. The van der Waals surface area contributed by atoms with Crippen LogP contribution in [-0.2, 0) is 0 Å². The zero-order chi connectivity index (χ0) is 65.3. The van der Waals surface area contributed by atoms with Crippen molar-refractivity contribution in [3.05, 3.63) is 182 Å². The zero-order valence-electron chi connectivity index (χ0n) is 48.5. The Bertz CT molecular complexity index is 3250. The van der Waals surface area contributed by atoms with Gasteiger partial charge in [-0.1, -0.05) is 83.4 Å². The van der Waals surface area contributed by atoms with Crippen molar-refractivity contribution >= 4 is 47.9 Å². The number of rotatable bonds is 9. The maximum absolute atomic E-state index is 15.4. The molecule has 25 heteroatoms. The molecule has 2 aliphatic heterocycles. The molecule has 0 radical (unpaired) electrons. The Hall–Kier alpha value is -6.03. The minimum absolute atomic E-state index is 0.137. The fourth-order valence-electron chi connectivity index (χ4n) is 13.2. The quantitative estimate of drug-likeness (QED) is 0.0349. The van der Waals surface area contributed by atoms with Crippen LogP contribution in [0, 0.1) is 128 Å². The lowest BCUT2D eigenvalue weighted by Gasteiger charge is -2.52. The normalized spacial score (nSPS) is 17.4. The Kier molecular flexibility index (Phi) is 19.8. The van der Waals surface area contributed by atoms with Gasteiger partial charge in [-0.15, -0.1) is 21.9 Å². The second kappa shape index (κ2) is 25.1. The van der Waals surface area contributed by atoms with Gasteiger partial charge in [0, 0.05) is 51.2 Å². The minimum atomic E-state index is -7.22. The Balaban J connectivity index is 0.000000228. The van der Waals surface area contributed by atoms with E-state index in [0.717, 1.165) is 8.73 Å². The van der Waals surface area contributed by atoms with Crippen LogP contribution in [0.15, 0.2) is 48.5 Å².